The summed E-state index contributed by atoms with van der Waals surface area (Å²) in [7, 11) is 0. The molecule has 0 aromatic carbocycles. The van der Waals surface area contributed by atoms with Gasteiger partial charge in [0.1, 0.15) is 5.76 Å². The van der Waals surface area contributed by atoms with Gasteiger partial charge in [-0.1, -0.05) is 0 Å². The lowest BCUT2D eigenvalue weighted by molar-refractivity contribution is -0.123. The summed E-state index contributed by atoms with van der Waals surface area (Å²) in [6.07, 6.45) is 4.64. The third-order valence-corrected chi connectivity index (χ3v) is 3.36. The standard InChI is InChI=1S/C14H22N2O3/c1-11(13-4-2-9-19-13)15-14(18)10-16(7-3-8-17)12-5-6-12/h2,4,9,11-12,17H,3,5-8,10H2,1H3,(H,15,18). The molecule has 5 nitrogen and oxygen atoms in total. The Hall–Kier alpha value is -1.33. The molecule has 1 saturated carbocycles. The normalized spacial score (nSPS) is 16.6. The Labute approximate surface area is 113 Å². The average molecular weight is 266 g/mol. The van der Waals surface area contributed by atoms with Crippen LogP contribution < -0.4 is 5.32 Å². The minimum Gasteiger partial charge on any atom is -0.467 e. The zero-order chi connectivity index (χ0) is 13.7. The van der Waals surface area contributed by atoms with E-state index in [1.807, 2.05) is 19.1 Å². The van der Waals surface area contributed by atoms with Crippen molar-refractivity contribution in [3.63, 3.8) is 0 Å². The second kappa shape index (κ2) is 6.73. The van der Waals surface area contributed by atoms with E-state index in [-0.39, 0.29) is 18.6 Å². The van der Waals surface area contributed by atoms with Gasteiger partial charge < -0.3 is 14.8 Å². The fraction of sp³-hybridized carbons (Fsp3) is 0.643. The number of nitrogens with one attached hydrogen (secondary N) is 1. The molecule has 1 fully saturated rings. The molecule has 0 spiro atoms. The van der Waals surface area contributed by atoms with Crippen molar-refractivity contribution in [2.24, 2.45) is 0 Å². The van der Waals surface area contributed by atoms with Gasteiger partial charge >= 0.3 is 0 Å². The molecule has 1 aliphatic carbocycles. The second-order valence-corrected chi connectivity index (χ2v) is 5.08. The van der Waals surface area contributed by atoms with E-state index >= 15 is 0 Å². The van der Waals surface area contributed by atoms with Crippen LogP contribution in [0.1, 0.15) is 38.0 Å². The molecule has 1 aromatic heterocycles. The quantitative estimate of drug-likeness (QED) is 0.744. The van der Waals surface area contributed by atoms with Gasteiger partial charge in [-0.3, -0.25) is 9.69 Å². The molecule has 19 heavy (non-hydrogen) atoms. The largest absolute Gasteiger partial charge is 0.467 e. The highest BCUT2D eigenvalue weighted by Crippen LogP contribution is 2.26. The molecule has 0 bridgehead atoms. The molecule has 0 aliphatic heterocycles. The Bertz CT molecular complexity index is 387. The van der Waals surface area contributed by atoms with Gasteiger partial charge in [-0.2, -0.15) is 0 Å². The highest BCUT2D eigenvalue weighted by molar-refractivity contribution is 5.78. The van der Waals surface area contributed by atoms with Crippen molar-refractivity contribution in [1.82, 2.24) is 10.2 Å². The van der Waals surface area contributed by atoms with Gasteiger partial charge in [0, 0.05) is 19.2 Å². The zero-order valence-electron chi connectivity index (χ0n) is 11.3. The van der Waals surface area contributed by atoms with Gasteiger partial charge in [0.15, 0.2) is 0 Å². The van der Waals surface area contributed by atoms with E-state index in [1.165, 1.54) is 0 Å². The first-order chi connectivity index (χ1) is 9.20. The van der Waals surface area contributed by atoms with Crippen LogP contribution in [0.25, 0.3) is 0 Å². The number of furan rings is 1. The monoisotopic (exact) mass is 266 g/mol. The fourth-order valence-electron chi connectivity index (χ4n) is 2.18. The number of hydrogen-bond acceptors (Lipinski definition) is 4. The van der Waals surface area contributed by atoms with Crippen LogP contribution in [0.2, 0.25) is 0 Å². The predicted molar refractivity (Wildman–Crippen MR) is 71.6 cm³/mol. The van der Waals surface area contributed by atoms with Crippen LogP contribution in [0, 0.1) is 0 Å². The van der Waals surface area contributed by atoms with Crippen molar-refractivity contribution in [2.45, 2.75) is 38.3 Å². The van der Waals surface area contributed by atoms with Crippen LogP contribution in [0.3, 0.4) is 0 Å². The lowest BCUT2D eigenvalue weighted by Gasteiger charge is -2.22. The van der Waals surface area contributed by atoms with Gasteiger partial charge in [0.25, 0.3) is 0 Å². The SMILES string of the molecule is CC(NC(=O)CN(CCCO)C1CC1)c1ccco1. The Morgan fingerprint density at radius 2 is 2.42 bits per heavy atom. The number of amides is 1. The van der Waals surface area contributed by atoms with Crippen molar-refractivity contribution >= 4 is 5.91 Å². The number of carbonyl (C=O) groups is 1. The number of aliphatic hydroxyl groups excluding tert-OH is 1. The fourth-order valence-corrected chi connectivity index (χ4v) is 2.18. The first-order valence-electron chi connectivity index (χ1n) is 6.88. The van der Waals surface area contributed by atoms with Crippen LogP contribution in [-0.4, -0.2) is 41.7 Å². The van der Waals surface area contributed by atoms with Crippen LogP contribution in [-0.2, 0) is 4.79 Å². The third kappa shape index (κ3) is 4.36. The molecule has 1 unspecified atom stereocenters. The molecule has 1 aromatic rings. The summed E-state index contributed by atoms with van der Waals surface area (Å²) in [6, 6.07) is 4.09. The van der Waals surface area contributed by atoms with Crippen molar-refractivity contribution in [1.29, 1.82) is 0 Å². The predicted octanol–water partition coefficient (Wildman–Crippen LogP) is 1.30. The summed E-state index contributed by atoms with van der Waals surface area (Å²) in [4.78, 5) is 14.2. The number of carbonyl (C=O) groups excluding carboxylic acids is 1. The maximum Gasteiger partial charge on any atom is 0.234 e. The number of nitrogens with zero attached hydrogens (tertiary/aromatic N) is 1. The van der Waals surface area contributed by atoms with E-state index in [0.29, 0.717) is 12.6 Å². The van der Waals surface area contributed by atoms with Crippen LogP contribution in [0.4, 0.5) is 0 Å². The summed E-state index contributed by atoms with van der Waals surface area (Å²) < 4.78 is 5.26. The van der Waals surface area contributed by atoms with E-state index in [2.05, 4.69) is 10.2 Å². The smallest absolute Gasteiger partial charge is 0.234 e. The molecule has 0 radical (unpaired) electrons. The molecule has 106 valence electrons. The third-order valence-electron chi connectivity index (χ3n) is 3.36. The van der Waals surface area contributed by atoms with Crippen LogP contribution >= 0.6 is 0 Å². The Morgan fingerprint density at radius 3 is 3.00 bits per heavy atom. The Morgan fingerprint density at radius 1 is 1.63 bits per heavy atom. The molecule has 0 saturated heterocycles. The summed E-state index contributed by atoms with van der Waals surface area (Å²) in [5.41, 5.74) is 0. The molecular weight excluding hydrogens is 244 g/mol. The summed E-state index contributed by atoms with van der Waals surface area (Å²) >= 11 is 0. The first-order valence-corrected chi connectivity index (χ1v) is 6.88. The molecule has 2 rings (SSSR count). The minimum atomic E-state index is -0.110. The number of hydrogen-bond donors (Lipinski definition) is 2. The van der Waals surface area contributed by atoms with Gasteiger partial charge in [-0.05, 0) is 38.3 Å². The van der Waals surface area contributed by atoms with Crippen molar-refractivity contribution < 1.29 is 14.3 Å². The molecule has 2 N–H and O–H groups in total. The summed E-state index contributed by atoms with van der Waals surface area (Å²) in [5.74, 6) is 0.774. The topological polar surface area (TPSA) is 65.7 Å². The average Bonchev–Trinajstić information content (AvgIpc) is 3.08. The van der Waals surface area contributed by atoms with Gasteiger partial charge in [-0.15, -0.1) is 0 Å². The highest BCUT2D eigenvalue weighted by atomic mass is 16.3. The number of rotatable bonds is 8. The van der Waals surface area contributed by atoms with Crippen molar-refractivity contribution in [3.05, 3.63) is 24.2 Å². The summed E-state index contributed by atoms with van der Waals surface area (Å²) in [6.45, 7) is 3.26. The molecule has 1 atom stereocenters. The molecule has 1 amide bonds. The van der Waals surface area contributed by atoms with Gasteiger partial charge in [-0.25, -0.2) is 0 Å². The van der Waals surface area contributed by atoms with E-state index in [0.717, 1.165) is 31.6 Å². The molecule has 1 aliphatic rings. The molecule has 5 heteroatoms. The van der Waals surface area contributed by atoms with E-state index in [1.54, 1.807) is 6.26 Å². The van der Waals surface area contributed by atoms with Crippen molar-refractivity contribution in [3.8, 4) is 0 Å². The van der Waals surface area contributed by atoms with Gasteiger partial charge in [0.05, 0.1) is 18.8 Å². The Balaban J connectivity index is 1.78. The Kier molecular flexibility index (Phi) is 4.99. The maximum absolute atomic E-state index is 12.0. The van der Waals surface area contributed by atoms with Crippen LogP contribution in [0.15, 0.2) is 22.8 Å². The lowest BCUT2D eigenvalue weighted by Crippen LogP contribution is -2.40. The van der Waals surface area contributed by atoms with E-state index < -0.39 is 0 Å². The molecule has 1 heterocycles. The highest BCUT2D eigenvalue weighted by Gasteiger charge is 2.30. The second-order valence-electron chi connectivity index (χ2n) is 5.08. The van der Waals surface area contributed by atoms with E-state index in [9.17, 15) is 4.79 Å². The summed E-state index contributed by atoms with van der Waals surface area (Å²) in [5, 5.41) is 11.8. The first kappa shape index (κ1) is 14.1. The van der Waals surface area contributed by atoms with Crippen molar-refractivity contribution in [2.75, 3.05) is 19.7 Å². The molecular formula is C14H22N2O3. The van der Waals surface area contributed by atoms with Gasteiger partial charge in [0.2, 0.25) is 5.91 Å². The lowest BCUT2D eigenvalue weighted by atomic mass is 10.2. The van der Waals surface area contributed by atoms with Crippen LogP contribution in [0.5, 0.6) is 0 Å². The minimum absolute atomic E-state index is 0.00809. The van der Waals surface area contributed by atoms with E-state index in [4.69, 9.17) is 9.52 Å². The maximum atomic E-state index is 12.0. The zero-order valence-corrected chi connectivity index (χ0v) is 11.3. The number of aliphatic hydroxyl groups is 1.